The maximum atomic E-state index is 12.9. The molecule has 0 fully saturated rings. The summed E-state index contributed by atoms with van der Waals surface area (Å²) in [6.07, 6.45) is 3.06. The molecule has 7 nitrogen and oxygen atoms in total. The van der Waals surface area contributed by atoms with E-state index < -0.39 is 11.5 Å². The van der Waals surface area contributed by atoms with E-state index in [1.165, 1.54) is 6.08 Å². The number of para-hydroxylation sites is 2. The number of rotatable bonds is 5. The largest absolute Gasteiger partial charge is 0.422 e. The molecule has 1 N–H and O–H groups in total. The number of carbonyl (C=O) groups excluding carboxylic acids is 1. The first-order chi connectivity index (χ1) is 17.5. The predicted molar refractivity (Wildman–Crippen MR) is 139 cm³/mol. The lowest BCUT2D eigenvalue weighted by atomic mass is 10.1. The molecule has 3 aromatic carbocycles. The van der Waals surface area contributed by atoms with Crippen LogP contribution in [0.25, 0.3) is 34.0 Å². The van der Waals surface area contributed by atoms with E-state index in [1.54, 1.807) is 53.3 Å². The van der Waals surface area contributed by atoms with Crippen LogP contribution >= 0.6 is 11.6 Å². The molecular formula is C28H17ClN4O3. The van der Waals surface area contributed by atoms with Gasteiger partial charge in [-0.25, -0.2) is 9.48 Å². The molecule has 0 bridgehead atoms. The van der Waals surface area contributed by atoms with E-state index in [9.17, 15) is 14.9 Å². The molecule has 0 unspecified atom stereocenters. The summed E-state index contributed by atoms with van der Waals surface area (Å²) < 4.78 is 7.09. The Morgan fingerprint density at radius 2 is 1.75 bits per heavy atom. The van der Waals surface area contributed by atoms with Gasteiger partial charge < -0.3 is 9.73 Å². The van der Waals surface area contributed by atoms with Gasteiger partial charge in [0.15, 0.2) is 0 Å². The van der Waals surface area contributed by atoms with Crippen LogP contribution in [0.3, 0.4) is 0 Å². The van der Waals surface area contributed by atoms with Gasteiger partial charge in [-0.3, -0.25) is 4.79 Å². The lowest BCUT2D eigenvalue weighted by Crippen LogP contribution is -2.13. The number of nitriles is 1. The minimum Gasteiger partial charge on any atom is -0.422 e. The van der Waals surface area contributed by atoms with Crippen molar-refractivity contribution in [2.75, 3.05) is 5.32 Å². The Morgan fingerprint density at radius 1 is 1.03 bits per heavy atom. The van der Waals surface area contributed by atoms with E-state index in [0.717, 1.165) is 11.1 Å². The Bertz CT molecular complexity index is 1710. The van der Waals surface area contributed by atoms with Crippen LogP contribution in [0.1, 0.15) is 5.56 Å². The second-order valence-electron chi connectivity index (χ2n) is 7.83. The topological polar surface area (TPSA) is 101 Å². The highest BCUT2D eigenvalue weighted by Crippen LogP contribution is 2.26. The molecule has 5 rings (SSSR count). The van der Waals surface area contributed by atoms with Gasteiger partial charge in [-0.2, -0.15) is 10.4 Å². The third-order valence-electron chi connectivity index (χ3n) is 5.43. The average molecular weight is 493 g/mol. The second kappa shape index (κ2) is 9.74. The molecule has 0 aliphatic heterocycles. The minimum atomic E-state index is -0.608. The molecule has 0 atom stereocenters. The number of anilines is 1. The first-order valence-electron chi connectivity index (χ1n) is 10.9. The zero-order chi connectivity index (χ0) is 25.1. The maximum Gasteiger partial charge on any atom is 0.345 e. The number of halogens is 1. The Balaban J connectivity index is 1.62. The van der Waals surface area contributed by atoms with Gasteiger partial charge in [0.1, 0.15) is 22.9 Å². The Labute approximate surface area is 210 Å². The molecule has 5 aromatic rings. The van der Waals surface area contributed by atoms with E-state index in [0.29, 0.717) is 21.9 Å². The van der Waals surface area contributed by atoms with Crippen molar-refractivity contribution in [2.24, 2.45) is 0 Å². The van der Waals surface area contributed by atoms with Crippen LogP contribution in [-0.4, -0.2) is 15.7 Å². The first-order valence-corrected chi connectivity index (χ1v) is 11.3. The number of fused-ring (bicyclic) bond motifs is 1. The third kappa shape index (κ3) is 4.67. The van der Waals surface area contributed by atoms with Crippen molar-refractivity contribution in [1.29, 1.82) is 5.26 Å². The first kappa shape index (κ1) is 22.8. The van der Waals surface area contributed by atoms with Gasteiger partial charge >= 0.3 is 5.63 Å². The molecule has 36 heavy (non-hydrogen) atoms. The summed E-state index contributed by atoms with van der Waals surface area (Å²) >= 11 is 5.90. The van der Waals surface area contributed by atoms with Gasteiger partial charge in [0, 0.05) is 27.9 Å². The summed E-state index contributed by atoms with van der Waals surface area (Å²) in [7, 11) is 0. The molecule has 0 aliphatic rings. The highest BCUT2D eigenvalue weighted by Gasteiger charge is 2.19. The Morgan fingerprint density at radius 3 is 2.50 bits per heavy atom. The number of hydrogen-bond acceptors (Lipinski definition) is 5. The normalized spacial score (nSPS) is 11.3. The smallest absolute Gasteiger partial charge is 0.345 e. The fourth-order valence-electron chi connectivity index (χ4n) is 3.68. The maximum absolute atomic E-state index is 12.9. The standard InChI is InChI=1S/C28H17ClN4O3/c29-21-10-12-22(13-11-21)31-27(34)19(16-30)14-20-17-33(23-7-2-1-3-8-23)32-26(20)24-15-18-6-4-5-9-25(18)36-28(24)35/h1-15,17H,(H,31,34)/b19-14+. The molecule has 0 aliphatic carbocycles. The number of amides is 1. The van der Waals surface area contributed by atoms with E-state index in [4.69, 9.17) is 16.0 Å². The molecule has 0 saturated heterocycles. The molecule has 0 radical (unpaired) electrons. The molecule has 174 valence electrons. The third-order valence-corrected chi connectivity index (χ3v) is 5.68. The van der Waals surface area contributed by atoms with Gasteiger partial charge in [0.05, 0.1) is 11.3 Å². The quantitative estimate of drug-likeness (QED) is 0.188. The molecular weight excluding hydrogens is 476 g/mol. The van der Waals surface area contributed by atoms with Gasteiger partial charge in [0.25, 0.3) is 5.91 Å². The molecule has 2 heterocycles. The van der Waals surface area contributed by atoms with Crippen LogP contribution in [0, 0.1) is 11.3 Å². The Hall–Kier alpha value is -4.93. The van der Waals surface area contributed by atoms with Crippen LogP contribution in [0.5, 0.6) is 0 Å². The molecule has 0 spiro atoms. The fraction of sp³-hybridized carbons (Fsp3) is 0. The summed E-state index contributed by atoms with van der Waals surface area (Å²) in [5.41, 5.74) is 1.84. The highest BCUT2D eigenvalue weighted by atomic mass is 35.5. The van der Waals surface area contributed by atoms with E-state index in [2.05, 4.69) is 10.4 Å². The predicted octanol–water partition coefficient (Wildman–Crippen LogP) is 5.84. The average Bonchev–Trinajstić information content (AvgIpc) is 3.32. The van der Waals surface area contributed by atoms with Crippen molar-refractivity contribution >= 4 is 40.2 Å². The van der Waals surface area contributed by atoms with Crippen molar-refractivity contribution in [3.8, 4) is 23.0 Å². The number of carbonyl (C=O) groups is 1. The van der Waals surface area contributed by atoms with Crippen LogP contribution < -0.4 is 10.9 Å². The number of benzene rings is 3. The van der Waals surface area contributed by atoms with E-state index in [1.807, 2.05) is 48.5 Å². The summed E-state index contributed by atoms with van der Waals surface area (Å²) in [5.74, 6) is -0.608. The van der Waals surface area contributed by atoms with Crippen molar-refractivity contribution < 1.29 is 9.21 Å². The summed E-state index contributed by atoms with van der Waals surface area (Å²) in [6.45, 7) is 0. The number of hydrogen-bond donors (Lipinski definition) is 1. The van der Waals surface area contributed by atoms with Gasteiger partial charge in [0.2, 0.25) is 0 Å². The van der Waals surface area contributed by atoms with Crippen molar-refractivity contribution in [3.05, 3.63) is 118 Å². The molecule has 1 amide bonds. The summed E-state index contributed by atoms with van der Waals surface area (Å²) in [5, 5.41) is 18.3. The second-order valence-corrected chi connectivity index (χ2v) is 8.27. The number of aromatic nitrogens is 2. The van der Waals surface area contributed by atoms with Crippen LogP contribution in [0.2, 0.25) is 5.02 Å². The monoisotopic (exact) mass is 492 g/mol. The lowest BCUT2D eigenvalue weighted by Gasteiger charge is -2.04. The van der Waals surface area contributed by atoms with Crippen molar-refractivity contribution in [2.45, 2.75) is 0 Å². The van der Waals surface area contributed by atoms with E-state index in [-0.39, 0.29) is 16.8 Å². The number of nitrogens with one attached hydrogen (secondary N) is 1. The van der Waals surface area contributed by atoms with Gasteiger partial charge in [-0.15, -0.1) is 0 Å². The molecule has 0 saturated carbocycles. The SMILES string of the molecule is N#C/C(=C\c1cn(-c2ccccc2)nc1-c1cc2ccccc2oc1=O)C(=O)Nc1ccc(Cl)cc1. The Kier molecular flexibility index (Phi) is 6.18. The summed E-state index contributed by atoms with van der Waals surface area (Å²) in [6, 6.07) is 26.6. The molecule has 8 heteroatoms. The van der Waals surface area contributed by atoms with Crippen molar-refractivity contribution in [3.63, 3.8) is 0 Å². The zero-order valence-electron chi connectivity index (χ0n) is 18.7. The zero-order valence-corrected chi connectivity index (χ0v) is 19.4. The van der Waals surface area contributed by atoms with Crippen molar-refractivity contribution in [1.82, 2.24) is 9.78 Å². The van der Waals surface area contributed by atoms with Gasteiger partial charge in [-0.05, 0) is 54.6 Å². The van der Waals surface area contributed by atoms with E-state index >= 15 is 0 Å². The highest BCUT2D eigenvalue weighted by molar-refractivity contribution is 6.30. The fourth-order valence-corrected chi connectivity index (χ4v) is 3.80. The number of nitrogens with zero attached hydrogens (tertiary/aromatic N) is 3. The van der Waals surface area contributed by atoms with Crippen LogP contribution in [0.15, 0.2) is 106 Å². The van der Waals surface area contributed by atoms with Crippen LogP contribution in [0.4, 0.5) is 5.69 Å². The van der Waals surface area contributed by atoms with Gasteiger partial charge in [-0.1, -0.05) is 48.0 Å². The lowest BCUT2D eigenvalue weighted by molar-refractivity contribution is -0.112. The van der Waals surface area contributed by atoms with Crippen LogP contribution in [-0.2, 0) is 4.79 Å². The minimum absolute atomic E-state index is 0.163. The summed E-state index contributed by atoms with van der Waals surface area (Å²) in [4.78, 5) is 25.8. The molecule has 2 aromatic heterocycles.